The summed E-state index contributed by atoms with van der Waals surface area (Å²) in [5.74, 6) is -0.297. The molecule has 5 heteroatoms. The van der Waals surface area contributed by atoms with Crippen LogP contribution in [0.3, 0.4) is 0 Å². The minimum absolute atomic E-state index is 0.0117. The molecule has 1 N–H and O–H groups in total. The first-order chi connectivity index (χ1) is 8.78. The molecule has 0 saturated heterocycles. The highest BCUT2D eigenvalue weighted by atomic mass is 19.4. The lowest BCUT2D eigenvalue weighted by Gasteiger charge is -2.20. The second-order valence-corrected chi connectivity index (χ2v) is 4.85. The first-order valence-electron chi connectivity index (χ1n) is 6.36. The molecule has 0 heterocycles. The van der Waals surface area contributed by atoms with Gasteiger partial charge in [0.1, 0.15) is 5.82 Å². The Balaban J connectivity index is 2.35. The molecule has 1 unspecified atom stereocenters. The summed E-state index contributed by atoms with van der Waals surface area (Å²) in [7, 11) is 0. The fourth-order valence-electron chi connectivity index (χ4n) is 1.97. The van der Waals surface area contributed by atoms with Crippen LogP contribution >= 0.6 is 0 Å². The number of nitrogens with one attached hydrogen (secondary N) is 1. The van der Waals surface area contributed by atoms with E-state index in [0.717, 1.165) is 5.56 Å². The van der Waals surface area contributed by atoms with Gasteiger partial charge in [-0.25, -0.2) is 4.39 Å². The Morgan fingerprint density at radius 2 is 1.68 bits per heavy atom. The van der Waals surface area contributed by atoms with Gasteiger partial charge in [0.2, 0.25) is 0 Å². The van der Waals surface area contributed by atoms with Gasteiger partial charge in [0.25, 0.3) is 0 Å². The molecule has 1 nitrogen and oxygen atoms in total. The molecular weight excluding hydrogens is 258 g/mol. The number of halogens is 4. The summed E-state index contributed by atoms with van der Waals surface area (Å²) >= 11 is 0. The van der Waals surface area contributed by atoms with Gasteiger partial charge in [0.05, 0.1) is 0 Å². The van der Waals surface area contributed by atoms with E-state index in [4.69, 9.17) is 0 Å². The quantitative estimate of drug-likeness (QED) is 0.749. The van der Waals surface area contributed by atoms with Gasteiger partial charge in [-0.1, -0.05) is 12.1 Å². The van der Waals surface area contributed by atoms with Gasteiger partial charge < -0.3 is 5.32 Å². The smallest absolute Gasteiger partial charge is 0.308 e. The van der Waals surface area contributed by atoms with Crippen LogP contribution in [-0.4, -0.2) is 12.2 Å². The molecule has 0 aliphatic rings. The minimum Gasteiger partial charge on any atom is -0.308 e. The molecule has 19 heavy (non-hydrogen) atoms. The van der Waals surface area contributed by atoms with Crippen molar-refractivity contribution in [3.63, 3.8) is 0 Å². The summed E-state index contributed by atoms with van der Waals surface area (Å²) in [5.41, 5.74) is 0.920. The van der Waals surface area contributed by atoms with E-state index in [1.807, 2.05) is 13.8 Å². The van der Waals surface area contributed by atoms with Crippen LogP contribution in [0.25, 0.3) is 0 Å². The Bertz CT molecular complexity index is 372. The van der Waals surface area contributed by atoms with Gasteiger partial charge in [0.15, 0.2) is 0 Å². The van der Waals surface area contributed by atoms with Crippen LogP contribution in [0.1, 0.15) is 44.7 Å². The van der Waals surface area contributed by atoms with Crippen LogP contribution in [0.4, 0.5) is 17.6 Å². The third-order valence-corrected chi connectivity index (χ3v) is 3.00. The third kappa shape index (κ3) is 6.57. The van der Waals surface area contributed by atoms with Crippen molar-refractivity contribution in [2.45, 2.75) is 51.4 Å². The third-order valence-electron chi connectivity index (χ3n) is 3.00. The van der Waals surface area contributed by atoms with E-state index in [-0.39, 0.29) is 24.3 Å². The monoisotopic (exact) mass is 277 g/mol. The molecule has 2 atom stereocenters. The lowest BCUT2D eigenvalue weighted by atomic mass is 10.1. The van der Waals surface area contributed by atoms with E-state index >= 15 is 0 Å². The van der Waals surface area contributed by atoms with Gasteiger partial charge >= 0.3 is 6.18 Å². The van der Waals surface area contributed by atoms with E-state index in [2.05, 4.69) is 5.32 Å². The maximum atomic E-state index is 12.8. The highest BCUT2D eigenvalue weighted by Crippen LogP contribution is 2.23. The summed E-state index contributed by atoms with van der Waals surface area (Å²) in [5, 5.41) is 3.21. The van der Waals surface area contributed by atoms with Gasteiger partial charge in [0, 0.05) is 18.5 Å². The summed E-state index contributed by atoms with van der Waals surface area (Å²) in [6.45, 7) is 3.77. The number of alkyl halides is 3. The zero-order chi connectivity index (χ0) is 14.5. The Morgan fingerprint density at radius 3 is 2.21 bits per heavy atom. The maximum Gasteiger partial charge on any atom is 0.389 e. The van der Waals surface area contributed by atoms with E-state index < -0.39 is 12.6 Å². The van der Waals surface area contributed by atoms with Gasteiger partial charge in [-0.2, -0.15) is 13.2 Å². The van der Waals surface area contributed by atoms with Gasteiger partial charge in [-0.05, 0) is 44.4 Å². The molecule has 0 spiro atoms. The molecule has 108 valence electrons. The van der Waals surface area contributed by atoms with Crippen molar-refractivity contribution in [1.82, 2.24) is 5.32 Å². The predicted molar refractivity (Wildman–Crippen MR) is 67.3 cm³/mol. The predicted octanol–water partition coefficient (Wildman–Crippen LogP) is 4.60. The lowest BCUT2D eigenvalue weighted by Crippen LogP contribution is -2.29. The van der Waals surface area contributed by atoms with Gasteiger partial charge in [-0.3, -0.25) is 0 Å². The molecule has 0 aromatic heterocycles. The fourth-order valence-corrected chi connectivity index (χ4v) is 1.97. The highest BCUT2D eigenvalue weighted by molar-refractivity contribution is 5.19. The van der Waals surface area contributed by atoms with Crippen LogP contribution in [-0.2, 0) is 0 Å². The molecule has 1 aromatic rings. The Labute approximate surface area is 111 Å². The number of benzene rings is 1. The molecular formula is C14H19F4N. The molecule has 0 amide bonds. The SMILES string of the molecule is CC(CCCC(F)(F)F)N[C@H](C)c1ccc(F)cc1. The largest absolute Gasteiger partial charge is 0.389 e. The first kappa shape index (κ1) is 16.0. The van der Waals surface area contributed by atoms with Crippen LogP contribution in [0, 0.1) is 5.82 Å². The number of hydrogen-bond donors (Lipinski definition) is 1. The summed E-state index contributed by atoms with van der Waals surface area (Å²) in [6.07, 6.45) is -4.24. The molecule has 0 aliphatic carbocycles. The standard InChI is InChI=1S/C14H19F4N/c1-10(4-3-9-14(16,17)18)19-11(2)12-5-7-13(15)8-6-12/h5-8,10-11,19H,3-4,9H2,1-2H3/t10?,11-/m1/s1. The average Bonchev–Trinajstić information content (AvgIpc) is 2.27. The number of hydrogen-bond acceptors (Lipinski definition) is 1. The molecule has 1 rings (SSSR count). The summed E-state index contributed by atoms with van der Waals surface area (Å²) in [4.78, 5) is 0. The van der Waals surface area contributed by atoms with Crippen molar-refractivity contribution in [3.8, 4) is 0 Å². The molecule has 0 radical (unpaired) electrons. The summed E-state index contributed by atoms with van der Waals surface area (Å²) in [6, 6.07) is 6.08. The molecule has 0 bridgehead atoms. The van der Waals surface area contributed by atoms with E-state index in [1.165, 1.54) is 12.1 Å². The maximum absolute atomic E-state index is 12.8. The molecule has 0 aliphatic heterocycles. The van der Waals surface area contributed by atoms with Crippen LogP contribution in [0.2, 0.25) is 0 Å². The van der Waals surface area contributed by atoms with Crippen LogP contribution in [0.5, 0.6) is 0 Å². The van der Waals surface area contributed by atoms with Crippen molar-refractivity contribution < 1.29 is 17.6 Å². The molecule has 0 fully saturated rings. The van der Waals surface area contributed by atoms with E-state index in [1.54, 1.807) is 12.1 Å². The highest BCUT2D eigenvalue weighted by Gasteiger charge is 2.26. The van der Waals surface area contributed by atoms with Crippen molar-refractivity contribution >= 4 is 0 Å². The molecule has 0 saturated carbocycles. The van der Waals surface area contributed by atoms with Crippen molar-refractivity contribution in [3.05, 3.63) is 35.6 Å². The van der Waals surface area contributed by atoms with Crippen molar-refractivity contribution in [2.24, 2.45) is 0 Å². The fraction of sp³-hybridized carbons (Fsp3) is 0.571. The zero-order valence-corrected chi connectivity index (χ0v) is 11.1. The Kier molecular flexibility index (Phi) is 5.79. The minimum atomic E-state index is -4.08. The Morgan fingerprint density at radius 1 is 1.11 bits per heavy atom. The first-order valence-corrected chi connectivity index (χ1v) is 6.36. The zero-order valence-electron chi connectivity index (χ0n) is 11.1. The van der Waals surface area contributed by atoms with Crippen molar-refractivity contribution in [1.29, 1.82) is 0 Å². The number of rotatable bonds is 6. The average molecular weight is 277 g/mol. The van der Waals surface area contributed by atoms with E-state index in [9.17, 15) is 17.6 Å². The van der Waals surface area contributed by atoms with E-state index in [0.29, 0.717) is 6.42 Å². The topological polar surface area (TPSA) is 12.0 Å². The van der Waals surface area contributed by atoms with Gasteiger partial charge in [-0.15, -0.1) is 0 Å². The van der Waals surface area contributed by atoms with Crippen molar-refractivity contribution in [2.75, 3.05) is 0 Å². The normalized spacial score (nSPS) is 15.3. The van der Waals surface area contributed by atoms with Crippen LogP contribution < -0.4 is 5.32 Å². The second kappa shape index (κ2) is 6.89. The van der Waals surface area contributed by atoms with Crippen LogP contribution in [0.15, 0.2) is 24.3 Å². The summed E-state index contributed by atoms with van der Waals surface area (Å²) < 4.78 is 48.8. The molecule has 1 aromatic carbocycles. The Hall–Kier alpha value is -1.10. The lowest BCUT2D eigenvalue weighted by molar-refractivity contribution is -0.135. The second-order valence-electron chi connectivity index (χ2n) is 4.85.